The molecule has 2 rings (SSSR count). The molecule has 0 aliphatic heterocycles. The molecule has 0 bridgehead atoms. The summed E-state index contributed by atoms with van der Waals surface area (Å²) >= 11 is 3.18. The Hall–Kier alpha value is -0.850. The molecule has 2 aromatic heterocycles. The summed E-state index contributed by atoms with van der Waals surface area (Å²) in [7, 11) is 1.68. The molecule has 0 aliphatic rings. The van der Waals surface area contributed by atoms with E-state index in [0.29, 0.717) is 6.61 Å². The first-order valence-electron chi connectivity index (χ1n) is 6.61. The van der Waals surface area contributed by atoms with Gasteiger partial charge in [-0.25, -0.2) is 4.98 Å². The number of rotatable bonds is 5. The van der Waals surface area contributed by atoms with Gasteiger partial charge in [0, 0.05) is 23.8 Å². The van der Waals surface area contributed by atoms with Gasteiger partial charge in [0.25, 0.3) is 5.56 Å². The monoisotopic (exact) mass is 312 g/mol. The zero-order chi connectivity index (χ0) is 14.9. The maximum Gasteiger partial charge on any atom is 0.263 e. The van der Waals surface area contributed by atoms with Crippen LogP contribution in [0.5, 0.6) is 0 Å². The second-order valence-electron chi connectivity index (χ2n) is 4.97. The highest BCUT2D eigenvalue weighted by molar-refractivity contribution is 7.99. The first-order valence-corrected chi connectivity index (χ1v) is 8.41. The molecule has 2 heterocycles. The molecule has 0 atom stereocenters. The van der Waals surface area contributed by atoms with Gasteiger partial charge in [-0.15, -0.1) is 11.3 Å². The molecule has 6 heteroatoms. The van der Waals surface area contributed by atoms with E-state index in [1.807, 2.05) is 27.7 Å². The van der Waals surface area contributed by atoms with E-state index < -0.39 is 0 Å². The van der Waals surface area contributed by atoms with E-state index in [0.717, 1.165) is 26.7 Å². The van der Waals surface area contributed by atoms with Crippen molar-refractivity contribution in [2.24, 2.45) is 0 Å². The van der Waals surface area contributed by atoms with Crippen molar-refractivity contribution < 1.29 is 4.74 Å². The topological polar surface area (TPSA) is 44.1 Å². The first-order chi connectivity index (χ1) is 9.47. The fourth-order valence-electron chi connectivity index (χ4n) is 2.06. The van der Waals surface area contributed by atoms with Gasteiger partial charge in [-0.05, 0) is 33.3 Å². The third-order valence-corrected chi connectivity index (χ3v) is 5.26. The summed E-state index contributed by atoms with van der Waals surface area (Å²) < 4.78 is 6.86. The van der Waals surface area contributed by atoms with E-state index in [4.69, 9.17) is 9.72 Å². The lowest BCUT2D eigenvalue weighted by atomic mass is 10.2. The minimum atomic E-state index is 0.0757. The molecule has 0 unspecified atom stereocenters. The van der Waals surface area contributed by atoms with Crippen molar-refractivity contribution in [2.45, 2.75) is 38.9 Å². The van der Waals surface area contributed by atoms with Gasteiger partial charge in [-0.2, -0.15) is 0 Å². The van der Waals surface area contributed by atoms with E-state index in [2.05, 4.69) is 0 Å². The van der Waals surface area contributed by atoms with Crippen LogP contribution in [-0.2, 0) is 4.74 Å². The molecule has 2 aromatic rings. The largest absolute Gasteiger partial charge is 0.384 e. The molecular formula is C14H20N2O2S2. The molecule has 4 nitrogen and oxygen atoms in total. The summed E-state index contributed by atoms with van der Waals surface area (Å²) in [6, 6.07) is 0.101. The van der Waals surface area contributed by atoms with Crippen molar-refractivity contribution in [3.63, 3.8) is 0 Å². The van der Waals surface area contributed by atoms with Crippen LogP contribution in [0, 0.1) is 13.8 Å². The molecule has 0 N–H and O–H groups in total. The summed E-state index contributed by atoms with van der Waals surface area (Å²) in [5.74, 6) is 0.796. The van der Waals surface area contributed by atoms with Crippen LogP contribution in [0.2, 0.25) is 0 Å². The van der Waals surface area contributed by atoms with Crippen molar-refractivity contribution in [3.05, 3.63) is 20.8 Å². The predicted octanol–water partition coefficient (Wildman–Crippen LogP) is 3.39. The third-order valence-electron chi connectivity index (χ3n) is 3.24. The van der Waals surface area contributed by atoms with Crippen LogP contribution in [0.3, 0.4) is 0 Å². The van der Waals surface area contributed by atoms with E-state index in [9.17, 15) is 4.79 Å². The third kappa shape index (κ3) is 2.77. The number of aryl methyl sites for hydroxylation is 2. The van der Waals surface area contributed by atoms with Gasteiger partial charge >= 0.3 is 0 Å². The average molecular weight is 312 g/mol. The Bertz CT molecular complexity index is 674. The number of methoxy groups -OCH3 is 1. The lowest BCUT2D eigenvalue weighted by Crippen LogP contribution is -2.25. The van der Waals surface area contributed by atoms with Crippen LogP contribution in [0.25, 0.3) is 10.2 Å². The standard InChI is InChI=1S/C14H20N2O2S2/c1-8(2)16-13(17)11-9(3)10(4)20-12(11)15-14(16)19-7-6-18-5/h8H,6-7H2,1-5H3. The number of aromatic nitrogens is 2. The number of thioether (sulfide) groups is 1. The second kappa shape index (κ2) is 6.28. The molecule has 0 aromatic carbocycles. The Morgan fingerprint density at radius 1 is 1.40 bits per heavy atom. The van der Waals surface area contributed by atoms with Crippen molar-refractivity contribution in [1.82, 2.24) is 9.55 Å². The van der Waals surface area contributed by atoms with Crippen molar-refractivity contribution >= 4 is 33.3 Å². The number of thiophene rings is 1. The fraction of sp³-hybridized carbons (Fsp3) is 0.571. The van der Waals surface area contributed by atoms with Crippen LogP contribution in [0.15, 0.2) is 9.95 Å². The summed E-state index contributed by atoms with van der Waals surface area (Å²) in [6.45, 7) is 8.73. The Morgan fingerprint density at radius 2 is 2.10 bits per heavy atom. The summed E-state index contributed by atoms with van der Waals surface area (Å²) in [6.07, 6.45) is 0. The molecular weight excluding hydrogens is 292 g/mol. The molecule has 20 heavy (non-hydrogen) atoms. The molecule has 0 fully saturated rings. The van der Waals surface area contributed by atoms with Crippen LogP contribution in [0.4, 0.5) is 0 Å². The Morgan fingerprint density at radius 3 is 2.70 bits per heavy atom. The van der Waals surface area contributed by atoms with Crippen molar-refractivity contribution in [2.75, 3.05) is 19.5 Å². The highest BCUT2D eigenvalue weighted by Gasteiger charge is 2.18. The van der Waals surface area contributed by atoms with E-state index in [-0.39, 0.29) is 11.6 Å². The van der Waals surface area contributed by atoms with Gasteiger partial charge in [-0.3, -0.25) is 9.36 Å². The van der Waals surface area contributed by atoms with Gasteiger partial charge < -0.3 is 4.74 Å². The molecule has 0 radical (unpaired) electrons. The number of hydrogen-bond acceptors (Lipinski definition) is 5. The molecule has 110 valence electrons. The van der Waals surface area contributed by atoms with Crippen molar-refractivity contribution in [3.8, 4) is 0 Å². The minimum absolute atomic E-state index is 0.0757. The lowest BCUT2D eigenvalue weighted by Gasteiger charge is -2.15. The zero-order valence-corrected chi connectivity index (χ0v) is 14.2. The van der Waals surface area contributed by atoms with Crippen molar-refractivity contribution in [1.29, 1.82) is 0 Å². The maximum atomic E-state index is 12.7. The molecule has 0 saturated heterocycles. The van der Waals surface area contributed by atoms with Gasteiger partial charge in [-0.1, -0.05) is 11.8 Å². The quantitative estimate of drug-likeness (QED) is 0.482. The Balaban J connectivity index is 2.61. The molecule has 0 aliphatic carbocycles. The molecule has 0 amide bonds. The number of ether oxygens (including phenoxy) is 1. The van der Waals surface area contributed by atoms with Crippen LogP contribution < -0.4 is 5.56 Å². The van der Waals surface area contributed by atoms with Gasteiger partial charge in [0.2, 0.25) is 0 Å². The van der Waals surface area contributed by atoms with E-state index in [1.54, 1.807) is 34.8 Å². The van der Waals surface area contributed by atoms with Gasteiger partial charge in [0.15, 0.2) is 5.16 Å². The zero-order valence-electron chi connectivity index (χ0n) is 12.5. The van der Waals surface area contributed by atoms with Crippen LogP contribution in [-0.4, -0.2) is 29.0 Å². The predicted molar refractivity (Wildman–Crippen MR) is 86.3 cm³/mol. The van der Waals surface area contributed by atoms with Crippen LogP contribution >= 0.6 is 23.1 Å². The van der Waals surface area contributed by atoms with Crippen LogP contribution in [0.1, 0.15) is 30.3 Å². The normalized spacial score (nSPS) is 11.7. The lowest BCUT2D eigenvalue weighted by molar-refractivity contribution is 0.218. The minimum Gasteiger partial charge on any atom is -0.384 e. The van der Waals surface area contributed by atoms with Gasteiger partial charge in [0.05, 0.1) is 12.0 Å². The smallest absolute Gasteiger partial charge is 0.263 e. The SMILES string of the molecule is COCCSc1nc2sc(C)c(C)c2c(=O)n1C(C)C. The highest BCUT2D eigenvalue weighted by Crippen LogP contribution is 2.29. The number of nitrogens with zero attached hydrogens (tertiary/aromatic N) is 2. The molecule has 0 spiro atoms. The maximum absolute atomic E-state index is 12.7. The number of fused-ring (bicyclic) bond motifs is 1. The molecule has 0 saturated carbocycles. The second-order valence-corrected chi connectivity index (χ2v) is 7.23. The van der Waals surface area contributed by atoms with Gasteiger partial charge in [0.1, 0.15) is 4.83 Å². The average Bonchev–Trinajstić information content (AvgIpc) is 2.65. The highest BCUT2D eigenvalue weighted by atomic mass is 32.2. The Kier molecular flexibility index (Phi) is 4.88. The summed E-state index contributed by atoms with van der Waals surface area (Å²) in [4.78, 5) is 19.5. The van der Waals surface area contributed by atoms with E-state index in [1.165, 1.54) is 4.88 Å². The summed E-state index contributed by atoms with van der Waals surface area (Å²) in [5, 5.41) is 1.56. The fourth-order valence-corrected chi connectivity index (χ4v) is 4.16. The number of hydrogen-bond donors (Lipinski definition) is 0. The summed E-state index contributed by atoms with van der Waals surface area (Å²) in [5.41, 5.74) is 1.14. The first kappa shape index (κ1) is 15.5. The van der Waals surface area contributed by atoms with E-state index >= 15 is 0 Å². The Labute approximate surface area is 127 Å².